The van der Waals surface area contributed by atoms with E-state index in [-0.39, 0.29) is 11.8 Å². The van der Waals surface area contributed by atoms with Crippen molar-refractivity contribution >= 4 is 33.1 Å². The molecule has 0 aliphatic carbocycles. The highest BCUT2D eigenvalue weighted by Gasteiger charge is 2.08. The van der Waals surface area contributed by atoms with Crippen molar-refractivity contribution in [2.75, 3.05) is 5.32 Å². The topological polar surface area (TPSA) is 42.0 Å². The van der Waals surface area contributed by atoms with Crippen LogP contribution < -0.4 is 5.32 Å². The third-order valence-electron chi connectivity index (χ3n) is 3.44. The van der Waals surface area contributed by atoms with Crippen molar-refractivity contribution in [3.8, 4) is 0 Å². The number of amides is 1. The van der Waals surface area contributed by atoms with Gasteiger partial charge in [-0.15, -0.1) is 11.3 Å². The Balaban J connectivity index is 1.71. The van der Waals surface area contributed by atoms with Gasteiger partial charge in [0.1, 0.15) is 0 Å². The van der Waals surface area contributed by atoms with E-state index in [1.54, 1.807) is 11.3 Å². The molecule has 1 amide bonds. The Morgan fingerprint density at radius 3 is 2.55 bits per heavy atom. The molecule has 3 aromatic rings. The fraction of sp³-hybridized carbons (Fsp3) is 0.222. The molecule has 0 spiro atoms. The average Bonchev–Trinajstić information content (AvgIpc) is 2.91. The molecule has 0 radical (unpaired) electrons. The number of aromatic nitrogens is 1. The average molecular weight is 310 g/mol. The minimum Gasteiger partial charge on any atom is -0.326 e. The molecule has 1 heterocycles. The van der Waals surface area contributed by atoms with Crippen molar-refractivity contribution in [1.82, 2.24) is 4.98 Å². The molecule has 112 valence electrons. The normalized spacial score (nSPS) is 11.0. The summed E-state index contributed by atoms with van der Waals surface area (Å²) in [5.74, 6) is 0.0290. The number of thiazole rings is 1. The number of rotatable bonds is 4. The first-order valence-electron chi connectivity index (χ1n) is 7.36. The van der Waals surface area contributed by atoms with E-state index in [0.29, 0.717) is 0 Å². The fourth-order valence-electron chi connectivity index (χ4n) is 2.16. The zero-order valence-electron chi connectivity index (χ0n) is 12.7. The van der Waals surface area contributed by atoms with E-state index in [2.05, 4.69) is 16.4 Å². The van der Waals surface area contributed by atoms with Gasteiger partial charge in [-0.05, 0) is 29.8 Å². The molecule has 3 nitrogen and oxygen atoms in total. The summed E-state index contributed by atoms with van der Waals surface area (Å²) in [6, 6.07) is 16.2. The molecular weight excluding hydrogens is 292 g/mol. The van der Waals surface area contributed by atoms with Gasteiger partial charge in [0.2, 0.25) is 5.91 Å². The summed E-state index contributed by atoms with van der Waals surface area (Å²) in [4.78, 5) is 16.3. The maximum absolute atomic E-state index is 11.7. The molecule has 3 rings (SSSR count). The van der Waals surface area contributed by atoms with E-state index >= 15 is 0 Å². The molecule has 1 aromatic heterocycles. The fourth-order valence-corrected chi connectivity index (χ4v) is 3.16. The molecule has 0 fully saturated rings. The molecule has 2 aromatic carbocycles. The van der Waals surface area contributed by atoms with Gasteiger partial charge in [-0.1, -0.05) is 38.1 Å². The predicted molar refractivity (Wildman–Crippen MR) is 92.3 cm³/mol. The highest BCUT2D eigenvalue weighted by Crippen LogP contribution is 2.24. The highest BCUT2D eigenvalue weighted by molar-refractivity contribution is 7.18. The number of nitrogens with one attached hydrogen (secondary N) is 1. The Labute approximate surface area is 134 Å². The van der Waals surface area contributed by atoms with Crippen LogP contribution in [-0.4, -0.2) is 10.9 Å². The van der Waals surface area contributed by atoms with Gasteiger partial charge in [-0.2, -0.15) is 0 Å². The van der Waals surface area contributed by atoms with Gasteiger partial charge in [0, 0.05) is 18.0 Å². The van der Waals surface area contributed by atoms with E-state index in [0.717, 1.165) is 22.6 Å². The summed E-state index contributed by atoms with van der Waals surface area (Å²) >= 11 is 1.73. The minimum atomic E-state index is -0.0116. The monoisotopic (exact) mass is 310 g/mol. The van der Waals surface area contributed by atoms with Gasteiger partial charge in [0.25, 0.3) is 0 Å². The molecule has 1 N–H and O–H groups in total. The Bertz CT molecular complexity index is 757. The number of hydrogen-bond acceptors (Lipinski definition) is 3. The first-order chi connectivity index (χ1) is 10.6. The second kappa shape index (κ2) is 6.28. The lowest BCUT2D eigenvalue weighted by atomic mass is 10.1. The van der Waals surface area contributed by atoms with Crippen molar-refractivity contribution in [2.45, 2.75) is 20.3 Å². The van der Waals surface area contributed by atoms with Gasteiger partial charge >= 0.3 is 0 Å². The second-order valence-electron chi connectivity index (χ2n) is 5.59. The molecular formula is C18H18N2OS. The summed E-state index contributed by atoms with van der Waals surface area (Å²) in [5, 5.41) is 4.01. The molecule has 0 saturated heterocycles. The van der Waals surface area contributed by atoms with E-state index < -0.39 is 0 Å². The van der Waals surface area contributed by atoms with Crippen LogP contribution in [0.2, 0.25) is 0 Å². The number of nitrogens with zero attached hydrogens (tertiary/aromatic N) is 1. The van der Waals surface area contributed by atoms with Crippen molar-refractivity contribution in [3.05, 3.63) is 59.1 Å². The molecule has 0 atom stereocenters. The maximum atomic E-state index is 11.7. The third-order valence-corrected chi connectivity index (χ3v) is 4.48. The maximum Gasteiger partial charge on any atom is 0.226 e. The first kappa shape index (κ1) is 14.7. The Kier molecular flexibility index (Phi) is 4.20. The number of benzene rings is 2. The molecule has 4 heteroatoms. The van der Waals surface area contributed by atoms with Crippen LogP contribution in [0.3, 0.4) is 0 Å². The van der Waals surface area contributed by atoms with Crippen LogP contribution in [0.5, 0.6) is 0 Å². The zero-order chi connectivity index (χ0) is 15.5. The minimum absolute atomic E-state index is 0.0116. The smallest absolute Gasteiger partial charge is 0.226 e. The number of fused-ring (bicyclic) bond motifs is 1. The number of carbonyl (C=O) groups is 1. The van der Waals surface area contributed by atoms with Gasteiger partial charge < -0.3 is 5.32 Å². The van der Waals surface area contributed by atoms with Crippen LogP contribution in [-0.2, 0) is 11.2 Å². The lowest BCUT2D eigenvalue weighted by Gasteiger charge is -2.08. The summed E-state index contributed by atoms with van der Waals surface area (Å²) in [5.41, 5.74) is 3.09. The molecule has 0 saturated carbocycles. The number of hydrogen-bond donors (Lipinski definition) is 1. The Hall–Kier alpha value is -2.20. The van der Waals surface area contributed by atoms with Crippen LogP contribution in [0.4, 0.5) is 5.69 Å². The van der Waals surface area contributed by atoms with Crippen LogP contribution >= 0.6 is 11.3 Å². The molecule has 0 bridgehead atoms. The number of anilines is 1. The number of para-hydroxylation sites is 1. The largest absolute Gasteiger partial charge is 0.326 e. The lowest BCUT2D eigenvalue weighted by Crippen LogP contribution is -2.17. The van der Waals surface area contributed by atoms with Crippen molar-refractivity contribution in [3.63, 3.8) is 0 Å². The third kappa shape index (κ3) is 3.34. The number of carbonyl (C=O) groups excluding carboxylic acids is 1. The van der Waals surface area contributed by atoms with Crippen LogP contribution in [0.15, 0.2) is 48.5 Å². The van der Waals surface area contributed by atoms with Gasteiger partial charge in [-0.25, -0.2) is 4.98 Å². The summed E-state index contributed by atoms with van der Waals surface area (Å²) in [7, 11) is 0. The summed E-state index contributed by atoms with van der Waals surface area (Å²) < 4.78 is 1.22. The Morgan fingerprint density at radius 2 is 1.86 bits per heavy atom. The second-order valence-corrected chi connectivity index (χ2v) is 6.71. The molecule has 22 heavy (non-hydrogen) atoms. The van der Waals surface area contributed by atoms with Crippen LogP contribution in [0, 0.1) is 5.92 Å². The predicted octanol–water partition coefficient (Wildman–Crippen LogP) is 4.48. The lowest BCUT2D eigenvalue weighted by molar-refractivity contribution is -0.118. The summed E-state index contributed by atoms with van der Waals surface area (Å²) in [6.07, 6.45) is 0.817. The van der Waals surface area contributed by atoms with Crippen molar-refractivity contribution in [2.24, 2.45) is 5.92 Å². The molecule has 0 aliphatic heterocycles. The van der Waals surface area contributed by atoms with Crippen LogP contribution in [0.1, 0.15) is 24.4 Å². The highest BCUT2D eigenvalue weighted by atomic mass is 32.1. The van der Waals surface area contributed by atoms with Gasteiger partial charge in [0.05, 0.1) is 15.2 Å². The van der Waals surface area contributed by atoms with Gasteiger partial charge in [0.15, 0.2) is 0 Å². The Morgan fingerprint density at radius 1 is 1.14 bits per heavy atom. The molecule has 0 aliphatic rings. The van der Waals surface area contributed by atoms with Crippen molar-refractivity contribution in [1.29, 1.82) is 0 Å². The summed E-state index contributed by atoms with van der Waals surface area (Å²) in [6.45, 7) is 3.77. The van der Waals surface area contributed by atoms with E-state index in [4.69, 9.17) is 0 Å². The first-order valence-corrected chi connectivity index (χ1v) is 8.18. The zero-order valence-corrected chi connectivity index (χ0v) is 13.5. The van der Waals surface area contributed by atoms with Gasteiger partial charge in [-0.3, -0.25) is 4.79 Å². The standard InChI is InChI=1S/C18H18N2OS/c1-12(2)18(21)19-14-9-7-13(8-10-14)11-17-20-15-5-3-4-6-16(15)22-17/h3-10,12H,11H2,1-2H3,(H,19,21). The quantitative estimate of drug-likeness (QED) is 0.772. The molecule has 0 unspecified atom stereocenters. The van der Waals surface area contributed by atoms with Crippen molar-refractivity contribution < 1.29 is 4.79 Å². The SMILES string of the molecule is CC(C)C(=O)Nc1ccc(Cc2nc3ccccc3s2)cc1. The van der Waals surface area contributed by atoms with E-state index in [1.165, 1.54) is 10.3 Å². The van der Waals surface area contributed by atoms with Crippen LogP contribution in [0.25, 0.3) is 10.2 Å². The van der Waals surface area contributed by atoms with E-state index in [1.807, 2.05) is 56.3 Å². The van der Waals surface area contributed by atoms with E-state index in [9.17, 15) is 4.79 Å².